The topological polar surface area (TPSA) is 71.0 Å². The lowest BCUT2D eigenvalue weighted by atomic mass is 9.99. The normalized spacial score (nSPS) is 16.9. The number of piperidine rings is 1. The number of aryl methyl sites for hydroxylation is 2. The number of nitrogens with zero attached hydrogens (tertiary/aromatic N) is 3. The zero-order valence-corrected chi connectivity index (χ0v) is 18.1. The summed E-state index contributed by atoms with van der Waals surface area (Å²) in [5, 5.41) is 4.56. The molecule has 1 amide bonds. The highest BCUT2D eigenvalue weighted by Gasteiger charge is 2.23. The molecule has 4 aromatic rings. The van der Waals surface area contributed by atoms with E-state index >= 15 is 0 Å². The number of benzene rings is 2. The van der Waals surface area contributed by atoms with Gasteiger partial charge in [-0.3, -0.25) is 19.7 Å². The molecule has 6 nitrogen and oxygen atoms in total. The number of hydrogen-bond donors (Lipinski definition) is 1. The molecule has 1 aliphatic heterocycles. The number of carbonyl (C=O) groups is 1. The number of rotatable bonds is 2. The maximum atomic E-state index is 13.1. The maximum absolute atomic E-state index is 13.1. The second-order valence-electron chi connectivity index (χ2n) is 8.80. The van der Waals surface area contributed by atoms with Crippen molar-refractivity contribution in [3.05, 3.63) is 69.6 Å². The van der Waals surface area contributed by atoms with Crippen LogP contribution in [0.4, 0.5) is 0 Å². The molecule has 0 spiro atoms. The fourth-order valence-electron chi connectivity index (χ4n) is 4.49. The van der Waals surface area contributed by atoms with Gasteiger partial charge in [0.15, 0.2) is 0 Å². The van der Waals surface area contributed by atoms with Gasteiger partial charge in [0.05, 0.1) is 22.1 Å². The Morgan fingerprint density at radius 1 is 1.10 bits per heavy atom. The number of amides is 1. The van der Waals surface area contributed by atoms with Crippen LogP contribution in [0.25, 0.3) is 27.5 Å². The summed E-state index contributed by atoms with van der Waals surface area (Å²) in [4.78, 5) is 32.6. The van der Waals surface area contributed by atoms with Crippen LogP contribution >= 0.6 is 0 Å². The van der Waals surface area contributed by atoms with Crippen molar-refractivity contribution in [1.82, 2.24) is 19.7 Å². The SMILES string of the molecule is Cc1ccc(-n2[nH]c3c(cnc4ccc(C(=O)N5CCC[C@H](C)C5)cc43)c2=O)cc1C. The first-order valence-electron chi connectivity index (χ1n) is 10.8. The largest absolute Gasteiger partial charge is 0.338 e. The van der Waals surface area contributed by atoms with Crippen LogP contribution in [-0.4, -0.2) is 38.7 Å². The van der Waals surface area contributed by atoms with Crippen LogP contribution in [0.15, 0.2) is 47.4 Å². The minimum atomic E-state index is -0.144. The van der Waals surface area contributed by atoms with Gasteiger partial charge in [0.25, 0.3) is 11.5 Å². The van der Waals surface area contributed by atoms with Crippen LogP contribution in [0.1, 0.15) is 41.3 Å². The zero-order valence-electron chi connectivity index (χ0n) is 18.1. The number of nitrogens with one attached hydrogen (secondary N) is 1. The molecule has 1 saturated heterocycles. The Bertz CT molecular complexity index is 1380. The van der Waals surface area contributed by atoms with E-state index in [4.69, 9.17) is 0 Å². The summed E-state index contributed by atoms with van der Waals surface area (Å²) in [5.41, 5.74) is 5.03. The summed E-state index contributed by atoms with van der Waals surface area (Å²) in [6, 6.07) is 11.5. The van der Waals surface area contributed by atoms with Crippen LogP contribution in [0.2, 0.25) is 0 Å². The summed E-state index contributed by atoms with van der Waals surface area (Å²) in [6.07, 6.45) is 3.82. The molecule has 0 bridgehead atoms. The second kappa shape index (κ2) is 7.38. The van der Waals surface area contributed by atoms with Crippen LogP contribution in [0, 0.1) is 19.8 Å². The van der Waals surface area contributed by atoms with Gasteiger partial charge in [-0.15, -0.1) is 0 Å². The summed E-state index contributed by atoms with van der Waals surface area (Å²) in [5.74, 6) is 0.566. The molecule has 2 aromatic carbocycles. The van der Waals surface area contributed by atoms with E-state index in [9.17, 15) is 9.59 Å². The van der Waals surface area contributed by atoms with Gasteiger partial charge >= 0.3 is 0 Å². The van der Waals surface area contributed by atoms with Crippen molar-refractivity contribution in [2.24, 2.45) is 5.92 Å². The van der Waals surface area contributed by atoms with Crippen molar-refractivity contribution in [3.8, 4) is 5.69 Å². The third-order valence-electron chi connectivity index (χ3n) is 6.46. The van der Waals surface area contributed by atoms with Crippen molar-refractivity contribution < 1.29 is 4.79 Å². The predicted molar refractivity (Wildman–Crippen MR) is 123 cm³/mol. The number of aromatic nitrogens is 3. The highest BCUT2D eigenvalue weighted by atomic mass is 16.2. The van der Waals surface area contributed by atoms with Gasteiger partial charge in [0, 0.05) is 30.2 Å². The highest BCUT2D eigenvalue weighted by molar-refractivity contribution is 6.06. The van der Waals surface area contributed by atoms with E-state index in [1.165, 1.54) is 12.0 Å². The monoisotopic (exact) mass is 414 g/mol. The first-order valence-corrected chi connectivity index (χ1v) is 10.8. The molecule has 2 aromatic heterocycles. The molecule has 1 fully saturated rings. The molecule has 1 aliphatic rings. The predicted octanol–water partition coefficient (Wildman–Crippen LogP) is 4.36. The molecule has 158 valence electrons. The summed E-state index contributed by atoms with van der Waals surface area (Å²) < 4.78 is 1.55. The van der Waals surface area contributed by atoms with E-state index in [1.807, 2.05) is 55.1 Å². The molecule has 0 radical (unpaired) electrons. The van der Waals surface area contributed by atoms with Crippen LogP contribution in [0.3, 0.4) is 0 Å². The van der Waals surface area contributed by atoms with Gasteiger partial charge in [0.2, 0.25) is 0 Å². The minimum absolute atomic E-state index is 0.0430. The Hall–Kier alpha value is -3.41. The summed E-state index contributed by atoms with van der Waals surface area (Å²) >= 11 is 0. The molecule has 0 aliphatic carbocycles. The fraction of sp³-hybridized carbons (Fsp3) is 0.320. The molecule has 6 heteroatoms. The van der Waals surface area contributed by atoms with Gasteiger partial charge in [-0.1, -0.05) is 13.0 Å². The minimum Gasteiger partial charge on any atom is -0.338 e. The molecule has 3 heterocycles. The molecule has 1 N–H and O–H groups in total. The Morgan fingerprint density at radius 3 is 2.71 bits per heavy atom. The standard InChI is InChI=1S/C25H26N4O2/c1-15-5-4-10-28(14-15)24(30)18-7-9-22-20(12-18)23-21(13-26-22)25(31)29(27-23)19-8-6-16(2)17(3)11-19/h6-9,11-13,15,27H,4-5,10,14H2,1-3H3/t15-/m0/s1. The fourth-order valence-corrected chi connectivity index (χ4v) is 4.49. The molecule has 0 saturated carbocycles. The lowest BCUT2D eigenvalue weighted by Crippen LogP contribution is -2.39. The van der Waals surface area contributed by atoms with E-state index in [0.717, 1.165) is 41.7 Å². The molecule has 0 unspecified atom stereocenters. The van der Waals surface area contributed by atoms with Crippen molar-refractivity contribution in [2.75, 3.05) is 13.1 Å². The maximum Gasteiger partial charge on any atom is 0.280 e. The van der Waals surface area contributed by atoms with E-state index < -0.39 is 0 Å². The quantitative estimate of drug-likeness (QED) is 0.530. The molecule has 31 heavy (non-hydrogen) atoms. The number of fused-ring (bicyclic) bond motifs is 3. The van der Waals surface area contributed by atoms with E-state index in [1.54, 1.807) is 10.9 Å². The van der Waals surface area contributed by atoms with Crippen molar-refractivity contribution >= 4 is 27.7 Å². The number of H-pyrrole nitrogens is 1. The third kappa shape index (κ3) is 3.32. The Balaban J connectivity index is 1.63. The van der Waals surface area contributed by atoms with Crippen LogP contribution < -0.4 is 5.56 Å². The van der Waals surface area contributed by atoms with Gasteiger partial charge in [-0.05, 0) is 74.1 Å². The Morgan fingerprint density at radius 2 is 1.94 bits per heavy atom. The van der Waals surface area contributed by atoms with Gasteiger partial charge in [0.1, 0.15) is 0 Å². The summed E-state index contributed by atoms with van der Waals surface area (Å²) in [6.45, 7) is 7.85. The van der Waals surface area contributed by atoms with E-state index in [-0.39, 0.29) is 11.5 Å². The average Bonchev–Trinajstić information content (AvgIpc) is 3.12. The van der Waals surface area contributed by atoms with Gasteiger partial charge < -0.3 is 4.90 Å². The number of carbonyl (C=O) groups excluding carboxylic acids is 1. The smallest absolute Gasteiger partial charge is 0.280 e. The van der Waals surface area contributed by atoms with Crippen molar-refractivity contribution in [2.45, 2.75) is 33.6 Å². The first kappa shape index (κ1) is 19.5. The van der Waals surface area contributed by atoms with Crippen LogP contribution in [0.5, 0.6) is 0 Å². The third-order valence-corrected chi connectivity index (χ3v) is 6.46. The van der Waals surface area contributed by atoms with Crippen molar-refractivity contribution in [1.29, 1.82) is 0 Å². The second-order valence-corrected chi connectivity index (χ2v) is 8.80. The molecule has 5 rings (SSSR count). The van der Waals surface area contributed by atoms with E-state index in [0.29, 0.717) is 22.4 Å². The van der Waals surface area contributed by atoms with Gasteiger partial charge in [-0.2, -0.15) is 0 Å². The highest BCUT2D eigenvalue weighted by Crippen LogP contribution is 2.25. The lowest BCUT2D eigenvalue weighted by Gasteiger charge is -2.31. The number of hydrogen-bond acceptors (Lipinski definition) is 3. The zero-order chi connectivity index (χ0) is 21.7. The number of pyridine rings is 1. The molecular weight excluding hydrogens is 388 g/mol. The summed E-state index contributed by atoms with van der Waals surface area (Å²) in [7, 11) is 0. The average molecular weight is 415 g/mol. The molecular formula is C25H26N4O2. The Labute approximate surface area is 180 Å². The first-order chi connectivity index (χ1) is 14.9. The molecule has 1 atom stereocenters. The van der Waals surface area contributed by atoms with E-state index in [2.05, 4.69) is 17.0 Å². The Kier molecular flexibility index (Phi) is 4.65. The van der Waals surface area contributed by atoms with Crippen molar-refractivity contribution in [3.63, 3.8) is 0 Å². The van der Waals surface area contributed by atoms with Gasteiger partial charge in [-0.25, -0.2) is 4.68 Å². The number of aromatic amines is 1. The lowest BCUT2D eigenvalue weighted by molar-refractivity contribution is 0.0683. The van der Waals surface area contributed by atoms with Crippen LogP contribution in [-0.2, 0) is 0 Å². The number of likely N-dealkylation sites (tertiary alicyclic amines) is 1.